The van der Waals surface area contributed by atoms with Crippen LogP contribution in [0.2, 0.25) is 0 Å². The lowest BCUT2D eigenvalue weighted by Crippen LogP contribution is -2.47. The molecule has 0 radical (unpaired) electrons. The van der Waals surface area contributed by atoms with E-state index in [-0.39, 0.29) is 0 Å². The Labute approximate surface area is 188 Å². The molecule has 8 heteroatoms. The van der Waals surface area contributed by atoms with Gasteiger partial charge in [0.05, 0.1) is 47.2 Å². The standard InChI is InChI=1S/C24H31NO7/c1-28-17-10-8-11-18(29-2)20(17)21(25-14-7-6-9-16(25)24(26)27)15-12-13-19(30-3)23(32-5)22(15)31-4/h8,10-13,16,21H,6-7,9,14H2,1-5H3,(H,26,27). The minimum absolute atomic E-state index is 0.440. The highest BCUT2D eigenvalue weighted by Gasteiger charge is 2.39. The molecule has 1 saturated heterocycles. The van der Waals surface area contributed by atoms with Gasteiger partial charge in [0.2, 0.25) is 5.75 Å². The van der Waals surface area contributed by atoms with Crippen LogP contribution in [0.4, 0.5) is 0 Å². The first-order chi connectivity index (χ1) is 15.5. The Morgan fingerprint density at radius 3 is 2.03 bits per heavy atom. The van der Waals surface area contributed by atoms with Crippen molar-refractivity contribution in [2.24, 2.45) is 0 Å². The van der Waals surface area contributed by atoms with Gasteiger partial charge in [-0.2, -0.15) is 0 Å². The van der Waals surface area contributed by atoms with Crippen molar-refractivity contribution >= 4 is 5.97 Å². The van der Waals surface area contributed by atoms with Gasteiger partial charge in [0.15, 0.2) is 11.5 Å². The number of ether oxygens (including phenoxy) is 5. The average Bonchev–Trinajstić information content (AvgIpc) is 2.83. The number of aliphatic carboxylic acids is 1. The predicted octanol–water partition coefficient (Wildman–Crippen LogP) is 3.76. The molecule has 32 heavy (non-hydrogen) atoms. The summed E-state index contributed by atoms with van der Waals surface area (Å²) in [6.45, 7) is 0.598. The van der Waals surface area contributed by atoms with Crippen molar-refractivity contribution in [3.63, 3.8) is 0 Å². The van der Waals surface area contributed by atoms with Crippen LogP contribution in [0.1, 0.15) is 36.4 Å². The van der Waals surface area contributed by atoms with Crippen molar-refractivity contribution < 1.29 is 33.6 Å². The van der Waals surface area contributed by atoms with Gasteiger partial charge >= 0.3 is 5.97 Å². The highest BCUT2D eigenvalue weighted by atomic mass is 16.5. The molecule has 1 fully saturated rings. The molecule has 8 nitrogen and oxygen atoms in total. The molecule has 0 saturated carbocycles. The van der Waals surface area contributed by atoms with Crippen LogP contribution in [0, 0.1) is 0 Å². The highest BCUT2D eigenvalue weighted by Crippen LogP contribution is 2.50. The lowest BCUT2D eigenvalue weighted by atomic mass is 9.89. The quantitative estimate of drug-likeness (QED) is 0.624. The van der Waals surface area contributed by atoms with Crippen molar-refractivity contribution in [2.75, 3.05) is 42.1 Å². The van der Waals surface area contributed by atoms with Crippen LogP contribution in [0.3, 0.4) is 0 Å². The van der Waals surface area contributed by atoms with E-state index in [0.717, 1.165) is 24.0 Å². The topological polar surface area (TPSA) is 86.7 Å². The van der Waals surface area contributed by atoms with Gasteiger partial charge < -0.3 is 28.8 Å². The maximum Gasteiger partial charge on any atom is 0.320 e. The fourth-order valence-corrected chi connectivity index (χ4v) is 4.52. The first-order valence-corrected chi connectivity index (χ1v) is 10.5. The summed E-state index contributed by atoms with van der Waals surface area (Å²) in [6, 6.07) is 8.03. The van der Waals surface area contributed by atoms with Gasteiger partial charge in [0, 0.05) is 5.56 Å². The largest absolute Gasteiger partial charge is 0.496 e. The number of hydrogen-bond donors (Lipinski definition) is 1. The molecule has 2 aromatic rings. The molecule has 3 rings (SSSR count). The zero-order chi connectivity index (χ0) is 23.3. The van der Waals surface area contributed by atoms with E-state index in [1.54, 1.807) is 41.6 Å². The van der Waals surface area contributed by atoms with E-state index >= 15 is 0 Å². The molecule has 1 heterocycles. The van der Waals surface area contributed by atoms with E-state index in [9.17, 15) is 9.90 Å². The van der Waals surface area contributed by atoms with E-state index < -0.39 is 18.1 Å². The summed E-state index contributed by atoms with van der Waals surface area (Å²) in [5.41, 5.74) is 1.47. The number of rotatable bonds is 9. The third kappa shape index (κ3) is 4.27. The van der Waals surface area contributed by atoms with E-state index in [4.69, 9.17) is 23.7 Å². The number of nitrogens with zero attached hydrogens (tertiary/aromatic N) is 1. The second-order valence-corrected chi connectivity index (χ2v) is 7.49. The normalized spacial score (nSPS) is 17.3. The second kappa shape index (κ2) is 10.5. The summed E-state index contributed by atoms with van der Waals surface area (Å²) in [7, 11) is 7.84. The third-order valence-corrected chi connectivity index (χ3v) is 5.93. The second-order valence-electron chi connectivity index (χ2n) is 7.49. The Bertz CT molecular complexity index is 924. The molecule has 0 bridgehead atoms. The zero-order valence-corrected chi connectivity index (χ0v) is 19.2. The summed E-state index contributed by atoms with van der Waals surface area (Å²) in [6.07, 6.45) is 2.29. The Morgan fingerprint density at radius 1 is 0.875 bits per heavy atom. The van der Waals surface area contributed by atoms with Gasteiger partial charge in [-0.15, -0.1) is 0 Å². The maximum absolute atomic E-state index is 12.2. The molecule has 0 amide bonds. The van der Waals surface area contributed by atoms with E-state index in [2.05, 4.69) is 0 Å². The summed E-state index contributed by atoms with van der Waals surface area (Å²) in [5.74, 6) is 1.77. The molecule has 0 spiro atoms. The van der Waals surface area contributed by atoms with E-state index in [1.165, 1.54) is 0 Å². The van der Waals surface area contributed by atoms with Gasteiger partial charge in [-0.1, -0.05) is 12.5 Å². The number of carbonyl (C=O) groups is 1. The minimum Gasteiger partial charge on any atom is -0.496 e. The summed E-state index contributed by atoms with van der Waals surface area (Å²) < 4.78 is 28.3. The van der Waals surface area contributed by atoms with Crippen LogP contribution in [0.5, 0.6) is 28.7 Å². The summed E-state index contributed by atoms with van der Waals surface area (Å²) >= 11 is 0. The van der Waals surface area contributed by atoms with Crippen LogP contribution in [0.25, 0.3) is 0 Å². The summed E-state index contributed by atoms with van der Waals surface area (Å²) in [4.78, 5) is 14.2. The average molecular weight is 446 g/mol. The lowest BCUT2D eigenvalue weighted by molar-refractivity contribution is -0.145. The van der Waals surface area contributed by atoms with Gasteiger partial charge in [-0.25, -0.2) is 0 Å². The first kappa shape index (κ1) is 23.5. The Hall–Kier alpha value is -3.13. The number of methoxy groups -OCH3 is 5. The molecule has 174 valence electrons. The fraction of sp³-hybridized carbons (Fsp3) is 0.458. The van der Waals surface area contributed by atoms with Crippen LogP contribution < -0.4 is 23.7 Å². The van der Waals surface area contributed by atoms with E-state index in [1.807, 2.05) is 29.2 Å². The van der Waals surface area contributed by atoms with Crippen molar-refractivity contribution in [3.8, 4) is 28.7 Å². The number of carboxylic acids is 1. The van der Waals surface area contributed by atoms with Crippen molar-refractivity contribution in [3.05, 3.63) is 41.5 Å². The van der Waals surface area contributed by atoms with Crippen LogP contribution in [-0.4, -0.2) is 64.1 Å². The molecular formula is C24H31NO7. The molecule has 0 aliphatic carbocycles. The molecule has 1 aliphatic rings. The fourth-order valence-electron chi connectivity index (χ4n) is 4.52. The highest BCUT2D eigenvalue weighted by molar-refractivity contribution is 5.74. The molecule has 1 N–H and O–H groups in total. The Morgan fingerprint density at radius 2 is 1.50 bits per heavy atom. The molecule has 2 unspecified atom stereocenters. The monoisotopic (exact) mass is 445 g/mol. The minimum atomic E-state index is -0.858. The molecular weight excluding hydrogens is 414 g/mol. The smallest absolute Gasteiger partial charge is 0.320 e. The van der Waals surface area contributed by atoms with Crippen LogP contribution in [-0.2, 0) is 4.79 Å². The number of carboxylic acid groups (broad SMARTS) is 1. The molecule has 0 aromatic heterocycles. The maximum atomic E-state index is 12.2. The van der Waals surface area contributed by atoms with Gasteiger partial charge in [-0.3, -0.25) is 9.69 Å². The molecule has 2 aromatic carbocycles. The third-order valence-electron chi connectivity index (χ3n) is 5.93. The van der Waals surface area contributed by atoms with E-state index in [0.29, 0.717) is 41.7 Å². The molecule has 2 atom stereocenters. The van der Waals surface area contributed by atoms with Crippen molar-refractivity contribution in [1.82, 2.24) is 4.90 Å². The Balaban J connectivity index is 2.34. The first-order valence-electron chi connectivity index (χ1n) is 10.5. The van der Waals surface area contributed by atoms with Crippen LogP contribution >= 0.6 is 0 Å². The number of benzene rings is 2. The van der Waals surface area contributed by atoms with Gasteiger partial charge in [0.25, 0.3) is 0 Å². The number of hydrogen-bond acceptors (Lipinski definition) is 7. The molecule has 1 aliphatic heterocycles. The van der Waals surface area contributed by atoms with Crippen molar-refractivity contribution in [2.45, 2.75) is 31.3 Å². The van der Waals surface area contributed by atoms with Crippen LogP contribution in [0.15, 0.2) is 30.3 Å². The SMILES string of the molecule is COc1ccc(C(c2c(OC)cccc2OC)N2CCCCC2C(=O)O)c(OC)c1OC. The van der Waals surface area contributed by atoms with Crippen molar-refractivity contribution in [1.29, 1.82) is 0 Å². The predicted molar refractivity (Wildman–Crippen MR) is 119 cm³/mol. The number of piperidine rings is 1. The number of likely N-dealkylation sites (tertiary alicyclic amines) is 1. The Kier molecular flexibility index (Phi) is 7.69. The lowest BCUT2D eigenvalue weighted by Gasteiger charge is -2.40. The van der Waals surface area contributed by atoms with Gasteiger partial charge in [0.1, 0.15) is 17.5 Å². The zero-order valence-electron chi connectivity index (χ0n) is 19.2. The van der Waals surface area contributed by atoms with Gasteiger partial charge in [-0.05, 0) is 43.7 Å². The summed E-state index contributed by atoms with van der Waals surface area (Å²) in [5, 5.41) is 10.0.